The number of hydrogen-bond donors (Lipinski definition) is 0. The van der Waals surface area contributed by atoms with Gasteiger partial charge in [-0.05, 0) is 0 Å². The Bertz CT molecular complexity index is 607. The summed E-state index contributed by atoms with van der Waals surface area (Å²) in [5.74, 6) is 0.950. The number of hydrogen-bond acceptors (Lipinski definition) is 1. The molecule has 0 aliphatic heterocycles. The van der Waals surface area contributed by atoms with Crippen molar-refractivity contribution >= 4 is 19.8 Å². The maximum absolute atomic E-state index is 5.34. The van der Waals surface area contributed by atoms with Gasteiger partial charge >= 0.3 is 156 Å². The molecule has 132 valence electrons. The van der Waals surface area contributed by atoms with Crippen molar-refractivity contribution in [1.29, 1.82) is 0 Å². The number of ether oxygens (including phenoxy) is 1. The first kappa shape index (κ1) is 19.6. The molecule has 0 heterocycles. The van der Waals surface area contributed by atoms with Crippen LogP contribution in [0.5, 0.6) is 5.75 Å². The molecule has 0 bridgehead atoms. The monoisotopic (exact) mass is 388 g/mol. The van der Waals surface area contributed by atoms with Crippen molar-refractivity contribution < 1.29 is 4.74 Å². The summed E-state index contributed by atoms with van der Waals surface area (Å²) in [5, 5.41) is 0. The van der Waals surface area contributed by atoms with Gasteiger partial charge in [-0.3, -0.25) is 0 Å². The first-order valence-corrected chi connectivity index (χ1v) is 11.0. The quantitative estimate of drug-likeness (QED) is 0.483. The van der Waals surface area contributed by atoms with Crippen LogP contribution in [0, 0.1) is 16.2 Å². The van der Waals surface area contributed by atoms with E-state index in [0.29, 0.717) is 4.25 Å². The van der Waals surface area contributed by atoms with Gasteiger partial charge in [-0.15, -0.1) is 0 Å². The van der Waals surface area contributed by atoms with Gasteiger partial charge in [0, 0.05) is 0 Å². The van der Waals surface area contributed by atoms with Crippen molar-refractivity contribution in [3.05, 3.63) is 35.4 Å². The summed E-state index contributed by atoms with van der Waals surface area (Å²) in [6.07, 6.45) is 0. The van der Waals surface area contributed by atoms with Gasteiger partial charge in [0.15, 0.2) is 0 Å². The Hall–Kier alpha value is -0.697. The second-order valence-corrected chi connectivity index (χ2v) is 13.4. The molecule has 0 atom stereocenters. The van der Waals surface area contributed by atoms with Gasteiger partial charge in [0.1, 0.15) is 0 Å². The van der Waals surface area contributed by atoms with E-state index in [-0.39, 0.29) is 31.7 Å². The molecule has 1 nitrogen and oxygen atoms in total. The molecule has 0 amide bonds. The normalized spacial score (nSPS) is 17.9. The minimum atomic E-state index is -0.328. The third-order valence-corrected chi connectivity index (χ3v) is 9.70. The van der Waals surface area contributed by atoms with Crippen LogP contribution in [0.4, 0.5) is 0 Å². The molecular formula is C22H34GeO. The number of benzene rings is 1. The van der Waals surface area contributed by atoms with Crippen LogP contribution in [0.2, 0.25) is 4.25 Å². The third kappa shape index (κ3) is 3.34. The molecule has 1 aliphatic rings. The van der Waals surface area contributed by atoms with E-state index in [1.54, 1.807) is 18.3 Å². The average molecular weight is 387 g/mol. The Morgan fingerprint density at radius 1 is 0.750 bits per heavy atom. The van der Waals surface area contributed by atoms with Crippen molar-refractivity contribution in [2.75, 3.05) is 7.11 Å². The van der Waals surface area contributed by atoms with E-state index in [1.165, 1.54) is 4.40 Å². The molecular weight excluding hydrogens is 353 g/mol. The van der Waals surface area contributed by atoms with Crippen LogP contribution >= 0.6 is 0 Å². The Labute approximate surface area is 155 Å². The fourth-order valence-corrected chi connectivity index (χ4v) is 9.00. The molecule has 0 spiro atoms. The number of rotatable bonds is 3. The van der Waals surface area contributed by atoms with Crippen LogP contribution in [0.1, 0.15) is 62.3 Å². The van der Waals surface area contributed by atoms with Gasteiger partial charge in [-0.2, -0.15) is 0 Å². The van der Waals surface area contributed by atoms with Crippen LogP contribution in [0.15, 0.2) is 35.4 Å². The third-order valence-electron chi connectivity index (χ3n) is 4.98. The van der Waals surface area contributed by atoms with E-state index in [2.05, 4.69) is 86.6 Å². The molecule has 0 unspecified atom stereocenters. The predicted molar refractivity (Wildman–Crippen MR) is 106 cm³/mol. The molecule has 0 fully saturated rings. The summed E-state index contributed by atoms with van der Waals surface area (Å²) in [4.78, 5) is 0. The zero-order valence-electron chi connectivity index (χ0n) is 17.2. The van der Waals surface area contributed by atoms with Crippen LogP contribution in [0.3, 0.4) is 0 Å². The van der Waals surface area contributed by atoms with Crippen LogP contribution in [-0.4, -0.2) is 22.5 Å². The van der Waals surface area contributed by atoms with Crippen molar-refractivity contribution in [1.82, 2.24) is 0 Å². The fourth-order valence-electron chi connectivity index (χ4n) is 4.11. The van der Waals surface area contributed by atoms with Gasteiger partial charge in [0.25, 0.3) is 0 Å². The van der Waals surface area contributed by atoms with Crippen molar-refractivity contribution in [2.45, 2.75) is 66.6 Å². The van der Waals surface area contributed by atoms with E-state index in [4.69, 9.17) is 4.74 Å². The van der Waals surface area contributed by atoms with Gasteiger partial charge < -0.3 is 0 Å². The second kappa shape index (κ2) is 5.93. The molecule has 1 aromatic carbocycles. The Morgan fingerprint density at radius 2 is 1.17 bits per heavy atom. The van der Waals surface area contributed by atoms with E-state index in [1.807, 2.05) is 0 Å². The second-order valence-electron chi connectivity index (χ2n) is 10.1. The Balaban J connectivity index is 2.50. The molecule has 1 aromatic rings. The van der Waals surface area contributed by atoms with Gasteiger partial charge in [-0.25, -0.2) is 0 Å². The molecule has 2 radical (unpaired) electrons. The van der Waals surface area contributed by atoms with Crippen LogP contribution in [-0.2, 0) is 0 Å². The summed E-state index contributed by atoms with van der Waals surface area (Å²) in [7, 11) is 1.74. The summed E-state index contributed by atoms with van der Waals surface area (Å²) >= 11 is -0.328. The van der Waals surface area contributed by atoms with Gasteiger partial charge in [0.2, 0.25) is 0 Å². The summed E-state index contributed by atoms with van der Waals surface area (Å²) < 4.78 is 7.16. The molecule has 0 saturated carbocycles. The molecule has 0 aromatic heterocycles. The zero-order chi connectivity index (χ0) is 18.6. The molecule has 2 rings (SSSR count). The first-order chi connectivity index (χ1) is 10.7. The topological polar surface area (TPSA) is 9.23 Å². The minimum absolute atomic E-state index is 0.242. The average Bonchev–Trinajstić information content (AvgIpc) is 3.10. The molecule has 2 heteroatoms. The molecule has 1 aliphatic carbocycles. The molecule has 0 saturated heterocycles. The van der Waals surface area contributed by atoms with Crippen LogP contribution < -0.4 is 9.13 Å². The van der Waals surface area contributed by atoms with Crippen molar-refractivity contribution in [3.8, 4) is 5.75 Å². The van der Waals surface area contributed by atoms with E-state index in [0.717, 1.165) is 5.75 Å². The maximum atomic E-state index is 5.34. The predicted octanol–water partition coefficient (Wildman–Crippen LogP) is 5.63. The number of allylic oxidation sites excluding steroid dienone is 2. The Morgan fingerprint density at radius 3 is 1.46 bits per heavy atom. The standard InChI is InChI=1S/C22H34GeO/c1-19(2,3)17-18(20(4,5)6)22(17,21(7,8)9)23-15-11-13-16(24-10)14-12-15/h11-14H,1-10H3. The number of methoxy groups -OCH3 is 1. The van der Waals surface area contributed by atoms with Gasteiger partial charge in [-0.1, -0.05) is 0 Å². The van der Waals surface area contributed by atoms with E-state index >= 15 is 0 Å². The zero-order valence-corrected chi connectivity index (χ0v) is 19.3. The summed E-state index contributed by atoms with van der Waals surface area (Å²) in [5.41, 5.74) is 4.20. The molecule has 0 N–H and O–H groups in total. The Kier molecular flexibility index (Phi) is 4.85. The van der Waals surface area contributed by atoms with E-state index < -0.39 is 0 Å². The molecule has 24 heavy (non-hydrogen) atoms. The van der Waals surface area contributed by atoms with Crippen molar-refractivity contribution in [3.63, 3.8) is 0 Å². The van der Waals surface area contributed by atoms with Gasteiger partial charge in [0.05, 0.1) is 0 Å². The fraction of sp³-hybridized carbons (Fsp3) is 0.636. The summed E-state index contributed by atoms with van der Waals surface area (Å²) in [6, 6.07) is 8.80. The van der Waals surface area contributed by atoms with Crippen molar-refractivity contribution in [2.24, 2.45) is 16.2 Å². The SMILES string of the molecule is COc1cc[c]([Ge][C]2(C(C)(C)C)C(C(C)(C)C)=C2C(C)(C)C)cc1. The van der Waals surface area contributed by atoms with E-state index in [9.17, 15) is 0 Å². The first-order valence-electron chi connectivity index (χ1n) is 8.93. The summed E-state index contributed by atoms with van der Waals surface area (Å²) in [6.45, 7) is 21.6. The van der Waals surface area contributed by atoms with Crippen LogP contribution in [0.25, 0.3) is 0 Å².